The molecule has 1 amide bonds. The minimum absolute atomic E-state index is 0.0587. The predicted molar refractivity (Wildman–Crippen MR) is 175 cm³/mol. The fourth-order valence-electron chi connectivity index (χ4n) is 5.97. The molecule has 3 aromatic rings. The van der Waals surface area contributed by atoms with Crippen LogP contribution >= 0.6 is 23.2 Å². The van der Waals surface area contributed by atoms with E-state index < -0.39 is 10.8 Å². The van der Waals surface area contributed by atoms with Crippen molar-refractivity contribution in [2.45, 2.75) is 57.8 Å². The van der Waals surface area contributed by atoms with Gasteiger partial charge in [0.25, 0.3) is 5.91 Å². The molecule has 42 heavy (non-hydrogen) atoms. The quantitative estimate of drug-likeness (QED) is 0.283. The van der Waals surface area contributed by atoms with E-state index in [1.807, 2.05) is 31.2 Å². The van der Waals surface area contributed by atoms with Gasteiger partial charge >= 0.3 is 0 Å². The topological polar surface area (TPSA) is 41.9 Å². The number of amides is 1. The van der Waals surface area contributed by atoms with E-state index in [1.165, 1.54) is 5.56 Å². The molecule has 0 saturated carbocycles. The third-order valence-electron chi connectivity index (χ3n) is 8.74. The maximum Gasteiger partial charge on any atom is 0.259 e. The molecule has 1 aliphatic carbocycles. The van der Waals surface area contributed by atoms with Gasteiger partial charge in [-0.3, -0.25) is 14.7 Å². The molecular formula is C36H38Cl2N2O2. The monoisotopic (exact) mass is 600 g/mol. The summed E-state index contributed by atoms with van der Waals surface area (Å²) in [6.45, 7) is 14.6. The Morgan fingerprint density at radius 3 is 1.98 bits per heavy atom. The molecule has 0 spiro atoms. The highest BCUT2D eigenvalue weighted by Gasteiger charge is 2.49. The fraction of sp³-hybridized carbons (Fsp3) is 0.333. The van der Waals surface area contributed by atoms with E-state index >= 15 is 0 Å². The first-order chi connectivity index (χ1) is 19.9. The van der Waals surface area contributed by atoms with Crippen LogP contribution in [0.3, 0.4) is 0 Å². The highest BCUT2D eigenvalue weighted by molar-refractivity contribution is 6.30. The number of benzene rings is 3. The lowest BCUT2D eigenvalue weighted by molar-refractivity contribution is -0.122. The van der Waals surface area contributed by atoms with Gasteiger partial charge in [-0.15, -0.1) is 0 Å². The van der Waals surface area contributed by atoms with Gasteiger partial charge in [-0.25, -0.2) is 0 Å². The fourth-order valence-corrected chi connectivity index (χ4v) is 6.22. The number of carbonyl (C=O) groups excluding carboxylic acids is 1. The van der Waals surface area contributed by atoms with Crippen molar-refractivity contribution in [2.75, 3.05) is 19.7 Å². The number of allylic oxidation sites excluding steroid dienone is 2. The molecule has 3 aromatic carbocycles. The average molecular weight is 602 g/mol. The summed E-state index contributed by atoms with van der Waals surface area (Å²) in [4.78, 5) is 20.3. The highest BCUT2D eigenvalue weighted by atomic mass is 35.5. The summed E-state index contributed by atoms with van der Waals surface area (Å²) in [5.74, 6) is 0.682. The Balaban J connectivity index is 1.82. The van der Waals surface area contributed by atoms with Gasteiger partial charge in [-0.1, -0.05) is 106 Å². The molecule has 1 heterocycles. The Kier molecular flexibility index (Phi) is 8.17. The molecule has 0 fully saturated rings. The molecule has 5 rings (SSSR count). The molecule has 0 bridgehead atoms. The van der Waals surface area contributed by atoms with Gasteiger partial charge in [0.2, 0.25) is 0 Å². The van der Waals surface area contributed by atoms with Gasteiger partial charge in [0.15, 0.2) is 0 Å². The summed E-state index contributed by atoms with van der Waals surface area (Å²) in [7, 11) is 0. The molecule has 0 radical (unpaired) electrons. The second-order valence-corrected chi connectivity index (χ2v) is 13.3. The molecule has 0 aromatic heterocycles. The first-order valence-electron chi connectivity index (χ1n) is 14.4. The number of aliphatic imine (C=N–C) groups is 1. The number of ether oxygens (including phenoxy) is 1. The largest absolute Gasteiger partial charge is 0.493 e. The molecule has 0 unspecified atom stereocenters. The minimum Gasteiger partial charge on any atom is -0.493 e. The van der Waals surface area contributed by atoms with Crippen LogP contribution in [0.25, 0.3) is 5.57 Å². The average Bonchev–Trinajstić information content (AvgIpc) is 3.50. The molecule has 6 heteroatoms. The van der Waals surface area contributed by atoms with Crippen molar-refractivity contribution in [2.24, 2.45) is 4.99 Å². The summed E-state index contributed by atoms with van der Waals surface area (Å²) < 4.78 is 6.27. The maximum absolute atomic E-state index is 14.3. The third kappa shape index (κ3) is 5.43. The number of nitrogens with zero attached hydrogens (tertiary/aromatic N) is 2. The summed E-state index contributed by atoms with van der Waals surface area (Å²) in [6, 6.07) is 22.3. The molecule has 0 saturated heterocycles. The van der Waals surface area contributed by atoms with Gasteiger partial charge in [0, 0.05) is 38.6 Å². The van der Waals surface area contributed by atoms with E-state index in [4.69, 9.17) is 27.9 Å². The zero-order chi connectivity index (χ0) is 30.3. The molecule has 218 valence electrons. The number of carbonyl (C=O) groups is 1. The highest BCUT2D eigenvalue weighted by Crippen LogP contribution is 2.54. The zero-order valence-corrected chi connectivity index (χ0v) is 26.7. The van der Waals surface area contributed by atoms with Crippen LogP contribution in [0.2, 0.25) is 10.0 Å². The lowest BCUT2D eigenvalue weighted by atomic mass is 9.55. The number of hydrogen-bond donors (Lipinski definition) is 0. The SMILES string of the molecule is CCOc1cc(C(C)(C)C)ccc1C1=C[C@@](C)(c2ccc(Cl)cc2)[C@@](C)(c2ccc(Cl)cc2)C=C1C(=O)N1C=NCC1. The van der Waals surface area contributed by atoms with E-state index in [0.29, 0.717) is 35.3 Å². The van der Waals surface area contributed by atoms with Crippen molar-refractivity contribution in [3.05, 3.63) is 117 Å². The van der Waals surface area contributed by atoms with Crippen LogP contribution in [0, 0.1) is 0 Å². The van der Waals surface area contributed by atoms with Crippen molar-refractivity contribution in [3.63, 3.8) is 0 Å². The van der Waals surface area contributed by atoms with Crippen molar-refractivity contribution < 1.29 is 9.53 Å². The maximum atomic E-state index is 14.3. The van der Waals surface area contributed by atoms with Crippen LogP contribution in [-0.2, 0) is 21.0 Å². The van der Waals surface area contributed by atoms with Crippen molar-refractivity contribution >= 4 is 41.0 Å². The lowest BCUT2D eigenvalue weighted by Gasteiger charge is -2.48. The van der Waals surface area contributed by atoms with E-state index in [2.05, 4.69) is 94.2 Å². The molecule has 1 aliphatic heterocycles. The summed E-state index contributed by atoms with van der Waals surface area (Å²) >= 11 is 12.7. The standard InChI is InChI=1S/C36H38Cl2N2O2/c1-7-42-32-20-26(34(2,3)4)12-17-29(32)30-21-35(5,24-8-13-27(37)14-9-24)36(6,25-10-15-28(38)16-11-25)22-31(30)33(41)40-19-18-39-23-40/h8-17,20-23H,7,18-19H2,1-6H3/t35-,36+/m0/s1. The van der Waals surface area contributed by atoms with Gasteiger partial charge in [0.05, 0.1) is 19.5 Å². The van der Waals surface area contributed by atoms with E-state index in [1.54, 1.807) is 11.2 Å². The van der Waals surface area contributed by atoms with Gasteiger partial charge < -0.3 is 4.74 Å². The number of rotatable bonds is 6. The molecule has 4 nitrogen and oxygen atoms in total. The minimum atomic E-state index is -0.617. The zero-order valence-electron chi connectivity index (χ0n) is 25.2. The van der Waals surface area contributed by atoms with Crippen LogP contribution in [0.4, 0.5) is 0 Å². The Bertz CT molecular complexity index is 1580. The van der Waals surface area contributed by atoms with Crippen LogP contribution < -0.4 is 4.74 Å². The molecule has 2 atom stereocenters. The smallest absolute Gasteiger partial charge is 0.259 e. The van der Waals surface area contributed by atoms with E-state index in [0.717, 1.165) is 28.0 Å². The first-order valence-corrected chi connectivity index (χ1v) is 15.2. The van der Waals surface area contributed by atoms with E-state index in [-0.39, 0.29) is 11.3 Å². The van der Waals surface area contributed by atoms with Crippen LogP contribution in [0.5, 0.6) is 5.75 Å². The first kappa shape index (κ1) is 30.1. The van der Waals surface area contributed by atoms with Gasteiger partial charge in [0.1, 0.15) is 5.75 Å². The Hall–Kier alpha value is -3.34. The molecular weight excluding hydrogens is 563 g/mol. The normalized spacial score (nSPS) is 22.1. The van der Waals surface area contributed by atoms with E-state index in [9.17, 15) is 4.79 Å². The summed E-state index contributed by atoms with van der Waals surface area (Å²) in [5, 5.41) is 1.34. The third-order valence-corrected chi connectivity index (χ3v) is 9.25. The van der Waals surface area contributed by atoms with Crippen molar-refractivity contribution in [3.8, 4) is 5.75 Å². The number of halogens is 2. The second kappa shape index (κ2) is 11.4. The Morgan fingerprint density at radius 2 is 1.48 bits per heavy atom. The van der Waals surface area contributed by atoms with Crippen LogP contribution in [-0.4, -0.2) is 36.8 Å². The second-order valence-electron chi connectivity index (χ2n) is 12.4. The lowest BCUT2D eigenvalue weighted by Crippen LogP contribution is -2.46. The Morgan fingerprint density at radius 1 is 0.905 bits per heavy atom. The summed E-state index contributed by atoms with van der Waals surface area (Å²) in [6.07, 6.45) is 6.04. The van der Waals surface area contributed by atoms with Crippen LogP contribution in [0.1, 0.15) is 63.8 Å². The van der Waals surface area contributed by atoms with Crippen molar-refractivity contribution in [1.82, 2.24) is 4.90 Å². The van der Waals surface area contributed by atoms with Crippen LogP contribution in [0.15, 0.2) is 89.4 Å². The van der Waals surface area contributed by atoms with Gasteiger partial charge in [-0.05, 0) is 64.9 Å². The van der Waals surface area contributed by atoms with Gasteiger partial charge in [-0.2, -0.15) is 0 Å². The summed E-state index contributed by atoms with van der Waals surface area (Å²) in [5.41, 5.74) is 4.40. The van der Waals surface area contributed by atoms with Crippen molar-refractivity contribution in [1.29, 1.82) is 0 Å². The predicted octanol–water partition coefficient (Wildman–Crippen LogP) is 8.80. The Labute approximate surface area is 259 Å². The molecule has 2 aliphatic rings. The number of hydrogen-bond acceptors (Lipinski definition) is 3. The molecule has 0 N–H and O–H groups in total.